The highest BCUT2D eigenvalue weighted by Crippen LogP contribution is 2.25. The van der Waals surface area contributed by atoms with Gasteiger partial charge in [0.15, 0.2) is 0 Å². The van der Waals surface area contributed by atoms with Crippen LogP contribution in [0.15, 0.2) is 18.2 Å². The van der Waals surface area contributed by atoms with Gasteiger partial charge in [-0.2, -0.15) is 5.26 Å². The van der Waals surface area contributed by atoms with Crippen molar-refractivity contribution in [2.45, 2.75) is 46.0 Å². The molecule has 0 N–H and O–H groups in total. The predicted molar refractivity (Wildman–Crippen MR) is 76.3 cm³/mol. The molecule has 0 saturated heterocycles. The number of thioether (sulfide) groups is 1. The Balaban J connectivity index is 2.74. The van der Waals surface area contributed by atoms with Crippen LogP contribution in [0.3, 0.4) is 0 Å². The first kappa shape index (κ1) is 14.1. The summed E-state index contributed by atoms with van der Waals surface area (Å²) in [6.07, 6.45) is 2.15. The smallest absolute Gasteiger partial charge is 0.133 e. The number of thiocyanates is 1. The van der Waals surface area contributed by atoms with Crippen LogP contribution in [-0.4, -0.2) is 5.75 Å². The Bertz CT molecular complexity index is 410. The van der Waals surface area contributed by atoms with Gasteiger partial charge in [0.05, 0.1) is 0 Å². The van der Waals surface area contributed by atoms with Gasteiger partial charge in [-0.3, -0.25) is 0 Å². The molecule has 92 valence electrons. The third-order valence-corrected chi connectivity index (χ3v) is 3.59. The van der Waals surface area contributed by atoms with Gasteiger partial charge in [-0.25, -0.2) is 0 Å². The molecule has 0 amide bonds. The lowest BCUT2D eigenvalue weighted by Gasteiger charge is -2.20. The van der Waals surface area contributed by atoms with E-state index in [4.69, 9.17) is 5.26 Å². The van der Waals surface area contributed by atoms with Crippen LogP contribution >= 0.6 is 11.8 Å². The average molecular weight is 247 g/mol. The molecule has 0 aliphatic heterocycles. The van der Waals surface area contributed by atoms with Gasteiger partial charge in [0, 0.05) is 5.75 Å². The van der Waals surface area contributed by atoms with Gasteiger partial charge in [0.1, 0.15) is 5.40 Å². The fraction of sp³-hybridized carbons (Fsp3) is 0.533. The van der Waals surface area contributed by atoms with Crippen LogP contribution in [0.2, 0.25) is 0 Å². The Hall–Kier alpha value is -0.940. The van der Waals surface area contributed by atoms with Crippen LogP contribution < -0.4 is 0 Å². The summed E-state index contributed by atoms with van der Waals surface area (Å²) in [6, 6.07) is 6.77. The second-order valence-electron chi connectivity index (χ2n) is 5.43. The molecule has 0 heterocycles. The number of hydrogen-bond donors (Lipinski definition) is 0. The Morgan fingerprint density at radius 1 is 1.29 bits per heavy atom. The first-order valence-electron chi connectivity index (χ1n) is 6.06. The van der Waals surface area contributed by atoms with Crippen LogP contribution in [0.4, 0.5) is 0 Å². The molecule has 0 aliphatic carbocycles. The Morgan fingerprint density at radius 3 is 2.59 bits per heavy atom. The van der Waals surface area contributed by atoms with Crippen molar-refractivity contribution in [1.29, 1.82) is 5.26 Å². The second kappa shape index (κ2) is 6.12. The zero-order valence-corrected chi connectivity index (χ0v) is 12.0. The summed E-state index contributed by atoms with van der Waals surface area (Å²) >= 11 is 1.35. The maximum Gasteiger partial charge on any atom is 0.133 e. The fourth-order valence-corrected chi connectivity index (χ4v) is 2.17. The quantitative estimate of drug-likeness (QED) is 0.580. The second-order valence-corrected chi connectivity index (χ2v) is 6.31. The molecule has 1 aromatic carbocycles. The molecule has 0 aliphatic rings. The highest BCUT2D eigenvalue weighted by atomic mass is 32.2. The van der Waals surface area contributed by atoms with Crippen molar-refractivity contribution >= 4 is 11.8 Å². The number of benzene rings is 1. The lowest BCUT2D eigenvalue weighted by molar-refractivity contribution is 0.589. The van der Waals surface area contributed by atoms with Crippen molar-refractivity contribution in [1.82, 2.24) is 0 Å². The third-order valence-electron chi connectivity index (χ3n) is 2.97. The lowest BCUT2D eigenvalue weighted by atomic mass is 9.85. The van der Waals surface area contributed by atoms with Crippen molar-refractivity contribution in [2.24, 2.45) is 0 Å². The van der Waals surface area contributed by atoms with Crippen molar-refractivity contribution < 1.29 is 0 Å². The first-order valence-corrected chi connectivity index (χ1v) is 7.04. The van der Waals surface area contributed by atoms with Gasteiger partial charge >= 0.3 is 0 Å². The number of nitrogens with zero attached hydrogens (tertiary/aromatic N) is 1. The highest BCUT2D eigenvalue weighted by Gasteiger charge is 2.14. The fourth-order valence-electron chi connectivity index (χ4n) is 1.79. The number of nitriles is 1. The summed E-state index contributed by atoms with van der Waals surface area (Å²) in [5.41, 5.74) is 4.39. The largest absolute Gasteiger partial charge is 0.185 e. The molecule has 0 saturated carbocycles. The van der Waals surface area contributed by atoms with E-state index in [9.17, 15) is 0 Å². The standard InChI is InChI=1S/C15H21NS/c1-12-7-8-14(15(2,3)4)10-13(12)6-5-9-17-11-16/h7-8,10H,5-6,9H2,1-4H3. The van der Waals surface area contributed by atoms with Crippen LogP contribution in [0, 0.1) is 17.6 Å². The minimum atomic E-state index is 0.212. The van der Waals surface area contributed by atoms with Crippen LogP contribution in [0.5, 0.6) is 0 Å². The number of hydrogen-bond acceptors (Lipinski definition) is 2. The summed E-state index contributed by atoms with van der Waals surface area (Å²) in [6.45, 7) is 8.89. The SMILES string of the molecule is Cc1ccc(C(C)(C)C)cc1CCCSC#N. The normalized spacial score (nSPS) is 11.2. The van der Waals surface area contributed by atoms with Gasteiger partial charge in [-0.05, 0) is 53.6 Å². The van der Waals surface area contributed by atoms with E-state index in [0.29, 0.717) is 0 Å². The molecule has 0 fully saturated rings. The zero-order valence-electron chi connectivity index (χ0n) is 11.2. The van der Waals surface area contributed by atoms with Crippen molar-refractivity contribution in [2.75, 3.05) is 5.75 Å². The molecule has 17 heavy (non-hydrogen) atoms. The number of aryl methyl sites for hydroxylation is 2. The van der Waals surface area contributed by atoms with Gasteiger partial charge in [0.2, 0.25) is 0 Å². The van der Waals surface area contributed by atoms with Crippen LogP contribution in [-0.2, 0) is 11.8 Å². The average Bonchev–Trinajstić information content (AvgIpc) is 2.25. The summed E-state index contributed by atoms with van der Waals surface area (Å²) < 4.78 is 0. The van der Waals surface area contributed by atoms with Crippen molar-refractivity contribution in [3.63, 3.8) is 0 Å². The van der Waals surface area contributed by atoms with Gasteiger partial charge in [-0.1, -0.05) is 39.0 Å². The highest BCUT2D eigenvalue weighted by molar-refractivity contribution is 8.03. The molecule has 1 rings (SSSR count). The minimum absolute atomic E-state index is 0.212. The van der Waals surface area contributed by atoms with Gasteiger partial charge in [-0.15, -0.1) is 0 Å². The molecule has 0 bridgehead atoms. The van der Waals surface area contributed by atoms with Crippen molar-refractivity contribution in [3.8, 4) is 5.40 Å². The van der Waals surface area contributed by atoms with Gasteiger partial charge in [0.25, 0.3) is 0 Å². The Labute approximate surface area is 109 Å². The summed E-state index contributed by atoms with van der Waals surface area (Å²) in [7, 11) is 0. The van der Waals surface area contributed by atoms with Crippen LogP contribution in [0.1, 0.15) is 43.9 Å². The summed E-state index contributed by atoms with van der Waals surface area (Å²) in [5, 5.41) is 10.6. The first-order chi connectivity index (χ1) is 7.95. The van der Waals surface area contributed by atoms with Crippen LogP contribution in [0.25, 0.3) is 0 Å². The van der Waals surface area contributed by atoms with E-state index in [-0.39, 0.29) is 5.41 Å². The van der Waals surface area contributed by atoms with E-state index in [1.165, 1.54) is 28.5 Å². The van der Waals surface area contributed by atoms with E-state index >= 15 is 0 Å². The molecule has 0 atom stereocenters. The van der Waals surface area contributed by atoms with E-state index < -0.39 is 0 Å². The van der Waals surface area contributed by atoms with Crippen molar-refractivity contribution in [3.05, 3.63) is 34.9 Å². The zero-order chi connectivity index (χ0) is 12.9. The molecule has 0 unspecified atom stereocenters. The molecule has 0 spiro atoms. The van der Waals surface area contributed by atoms with E-state index in [0.717, 1.165) is 18.6 Å². The number of rotatable bonds is 4. The molecule has 2 heteroatoms. The molecule has 0 aromatic heterocycles. The lowest BCUT2D eigenvalue weighted by Crippen LogP contribution is -2.11. The third kappa shape index (κ3) is 4.44. The monoisotopic (exact) mass is 247 g/mol. The molecule has 1 aromatic rings. The topological polar surface area (TPSA) is 23.8 Å². The summed E-state index contributed by atoms with van der Waals surface area (Å²) in [4.78, 5) is 0. The molecular formula is C15H21NS. The van der Waals surface area contributed by atoms with Gasteiger partial charge < -0.3 is 0 Å². The van der Waals surface area contributed by atoms with E-state index in [2.05, 4.69) is 51.3 Å². The predicted octanol–water partition coefficient (Wildman–Crippen LogP) is 4.44. The maximum absolute atomic E-state index is 8.48. The Kier molecular flexibility index (Phi) is 5.08. The van der Waals surface area contributed by atoms with E-state index in [1.54, 1.807) is 0 Å². The maximum atomic E-state index is 8.48. The van der Waals surface area contributed by atoms with E-state index in [1.807, 2.05) is 0 Å². The Morgan fingerprint density at radius 2 is 2.00 bits per heavy atom. The summed E-state index contributed by atoms with van der Waals surface area (Å²) in [5.74, 6) is 0.926. The molecule has 1 nitrogen and oxygen atoms in total. The molecule has 0 radical (unpaired) electrons. The minimum Gasteiger partial charge on any atom is -0.185 e. The molecular weight excluding hydrogens is 226 g/mol.